The first-order chi connectivity index (χ1) is 12.4. The van der Waals surface area contributed by atoms with Crippen LogP contribution in [-0.4, -0.2) is 30.8 Å². The third-order valence-corrected chi connectivity index (χ3v) is 5.51. The van der Waals surface area contributed by atoms with Crippen molar-refractivity contribution >= 4 is 32.5 Å². The van der Waals surface area contributed by atoms with Gasteiger partial charge < -0.3 is 9.73 Å². The van der Waals surface area contributed by atoms with Gasteiger partial charge in [0, 0.05) is 12.6 Å². The summed E-state index contributed by atoms with van der Waals surface area (Å²) in [7, 11) is -3.46. The number of sulfone groups is 1. The number of oxazole rings is 1. The van der Waals surface area contributed by atoms with Gasteiger partial charge >= 0.3 is 0 Å². The maximum Gasteiger partial charge on any atom is 0.239 e. The molecule has 3 rings (SSSR count). The largest absolute Gasteiger partial charge is 0.441 e. The number of anilines is 1. The average Bonchev–Trinajstić information content (AvgIpc) is 2.94. The molecule has 0 aliphatic heterocycles. The Balaban J connectivity index is 1.53. The van der Waals surface area contributed by atoms with Gasteiger partial charge in [-0.15, -0.1) is 0 Å². The molecule has 0 radical (unpaired) electrons. The minimum Gasteiger partial charge on any atom is -0.441 e. The first-order valence-corrected chi connectivity index (χ1v) is 10.1. The van der Waals surface area contributed by atoms with Crippen LogP contribution in [0.1, 0.15) is 17.9 Å². The van der Waals surface area contributed by atoms with E-state index in [1.54, 1.807) is 25.1 Å². The lowest BCUT2D eigenvalue weighted by atomic mass is 10.1. The van der Waals surface area contributed by atoms with Crippen LogP contribution in [0.15, 0.2) is 52.9 Å². The molecule has 6 nitrogen and oxygen atoms in total. The predicted molar refractivity (Wildman–Crippen MR) is 101 cm³/mol. The molecule has 1 heterocycles. The van der Waals surface area contributed by atoms with Crippen molar-refractivity contribution in [2.45, 2.75) is 19.8 Å². The molecule has 26 heavy (non-hydrogen) atoms. The zero-order valence-corrected chi connectivity index (χ0v) is 15.3. The number of nitrogens with one attached hydrogen (secondary N) is 1. The van der Waals surface area contributed by atoms with E-state index >= 15 is 0 Å². The Morgan fingerprint density at radius 1 is 1.15 bits per heavy atom. The van der Waals surface area contributed by atoms with Gasteiger partial charge in [0.15, 0.2) is 21.3 Å². The molecule has 0 fully saturated rings. The highest BCUT2D eigenvalue weighted by Gasteiger charge is 2.17. The molecule has 0 atom stereocenters. The van der Waals surface area contributed by atoms with E-state index in [1.807, 2.05) is 30.3 Å². The molecule has 1 aromatic heterocycles. The van der Waals surface area contributed by atoms with Crippen LogP contribution in [0, 0.1) is 6.92 Å². The number of amides is 1. The number of carbonyl (C=O) groups excluding carboxylic acids is 1. The van der Waals surface area contributed by atoms with Gasteiger partial charge in [0.25, 0.3) is 0 Å². The highest BCUT2D eigenvalue weighted by atomic mass is 32.2. The highest BCUT2D eigenvalue weighted by Crippen LogP contribution is 2.19. The second kappa shape index (κ2) is 7.70. The smallest absolute Gasteiger partial charge is 0.239 e. The van der Waals surface area contributed by atoms with Crippen molar-refractivity contribution in [3.63, 3.8) is 0 Å². The van der Waals surface area contributed by atoms with Gasteiger partial charge in [-0.05, 0) is 36.6 Å². The van der Waals surface area contributed by atoms with E-state index in [0.29, 0.717) is 35.5 Å². The fraction of sp³-hybridized carbons (Fsp3) is 0.263. The molecular weight excluding hydrogens is 352 g/mol. The third kappa shape index (κ3) is 4.92. The molecule has 1 amide bonds. The highest BCUT2D eigenvalue weighted by molar-refractivity contribution is 7.92. The molecule has 0 aliphatic carbocycles. The first-order valence-electron chi connectivity index (χ1n) is 8.33. The summed E-state index contributed by atoms with van der Waals surface area (Å²) >= 11 is 0. The summed E-state index contributed by atoms with van der Waals surface area (Å²) in [6.45, 7) is 1.74. The van der Waals surface area contributed by atoms with Crippen LogP contribution >= 0.6 is 0 Å². The van der Waals surface area contributed by atoms with Crippen LogP contribution in [0.3, 0.4) is 0 Å². The van der Waals surface area contributed by atoms with Crippen LogP contribution in [0.4, 0.5) is 5.69 Å². The first kappa shape index (κ1) is 18.1. The lowest BCUT2D eigenvalue weighted by Crippen LogP contribution is -2.24. The molecule has 3 aromatic rings. The summed E-state index contributed by atoms with van der Waals surface area (Å²) < 4.78 is 29.7. The topological polar surface area (TPSA) is 89.3 Å². The van der Waals surface area contributed by atoms with Gasteiger partial charge in [0.1, 0.15) is 11.3 Å². The molecule has 1 N–H and O–H groups in total. The van der Waals surface area contributed by atoms with Crippen LogP contribution in [-0.2, 0) is 21.1 Å². The van der Waals surface area contributed by atoms with E-state index in [9.17, 15) is 13.2 Å². The number of benzene rings is 2. The lowest BCUT2D eigenvalue weighted by molar-refractivity contribution is -0.113. The molecule has 0 spiro atoms. The van der Waals surface area contributed by atoms with Crippen molar-refractivity contribution in [2.24, 2.45) is 0 Å². The number of rotatable bonds is 7. The molecule has 2 aromatic carbocycles. The Hall–Kier alpha value is -2.67. The molecule has 0 saturated heterocycles. The van der Waals surface area contributed by atoms with E-state index < -0.39 is 21.5 Å². The fourth-order valence-corrected chi connectivity index (χ4v) is 3.93. The summed E-state index contributed by atoms with van der Waals surface area (Å²) in [6.07, 6.45) is 1.16. The van der Waals surface area contributed by atoms with Crippen molar-refractivity contribution in [3.05, 3.63) is 60.0 Å². The summed E-state index contributed by atoms with van der Waals surface area (Å²) in [5.41, 5.74) is 2.82. The van der Waals surface area contributed by atoms with Gasteiger partial charge in [-0.3, -0.25) is 4.79 Å². The minimum atomic E-state index is -3.46. The Morgan fingerprint density at radius 2 is 1.92 bits per heavy atom. The van der Waals surface area contributed by atoms with Crippen molar-refractivity contribution in [1.29, 1.82) is 0 Å². The zero-order valence-electron chi connectivity index (χ0n) is 14.4. The van der Waals surface area contributed by atoms with Crippen molar-refractivity contribution in [1.82, 2.24) is 4.98 Å². The number of aryl methyl sites for hydroxylation is 2. The summed E-state index contributed by atoms with van der Waals surface area (Å²) in [5.74, 6) is -0.567. The lowest BCUT2D eigenvalue weighted by Gasteiger charge is -2.06. The summed E-state index contributed by atoms with van der Waals surface area (Å²) in [6, 6.07) is 14.7. The zero-order chi connectivity index (χ0) is 18.6. The van der Waals surface area contributed by atoms with Crippen molar-refractivity contribution in [2.75, 3.05) is 16.8 Å². The quantitative estimate of drug-likeness (QED) is 0.688. The predicted octanol–water partition coefficient (Wildman–Crippen LogP) is 3.12. The van der Waals surface area contributed by atoms with Crippen LogP contribution in [0.25, 0.3) is 11.1 Å². The van der Waals surface area contributed by atoms with Crippen molar-refractivity contribution < 1.29 is 17.6 Å². The Labute approximate surface area is 152 Å². The monoisotopic (exact) mass is 372 g/mol. The van der Waals surface area contributed by atoms with Gasteiger partial charge in [0.2, 0.25) is 5.91 Å². The molecule has 136 valence electrons. The fourth-order valence-electron chi connectivity index (χ4n) is 2.73. The van der Waals surface area contributed by atoms with E-state index in [2.05, 4.69) is 10.3 Å². The van der Waals surface area contributed by atoms with Crippen LogP contribution < -0.4 is 5.32 Å². The second-order valence-electron chi connectivity index (χ2n) is 6.14. The molecule has 0 bridgehead atoms. The molecule has 7 heteroatoms. The van der Waals surface area contributed by atoms with E-state index in [0.717, 1.165) is 5.56 Å². The van der Waals surface area contributed by atoms with Crippen LogP contribution in [0.5, 0.6) is 0 Å². The summed E-state index contributed by atoms with van der Waals surface area (Å²) in [5, 5.41) is 2.61. The standard InChI is InChI=1S/C19H20N2O4S/c1-14-20-17-12-16(9-10-18(17)25-14)21-19(22)13-26(23,24)11-5-8-15-6-3-2-4-7-15/h2-4,6-7,9-10,12H,5,8,11,13H2,1H3,(H,21,22). The number of nitrogens with zero attached hydrogens (tertiary/aromatic N) is 1. The number of fused-ring (bicyclic) bond motifs is 1. The number of carbonyl (C=O) groups is 1. The minimum absolute atomic E-state index is 0.0170. The van der Waals surface area contributed by atoms with E-state index in [4.69, 9.17) is 4.42 Å². The van der Waals surface area contributed by atoms with E-state index in [1.165, 1.54) is 0 Å². The average molecular weight is 372 g/mol. The normalized spacial score (nSPS) is 11.6. The second-order valence-corrected chi connectivity index (χ2v) is 8.33. The van der Waals surface area contributed by atoms with Crippen LogP contribution in [0.2, 0.25) is 0 Å². The Morgan fingerprint density at radius 3 is 2.69 bits per heavy atom. The van der Waals surface area contributed by atoms with Gasteiger partial charge in [-0.2, -0.15) is 0 Å². The molecule has 0 saturated carbocycles. The van der Waals surface area contributed by atoms with Gasteiger partial charge in [-0.1, -0.05) is 30.3 Å². The number of hydrogen-bond acceptors (Lipinski definition) is 5. The summed E-state index contributed by atoms with van der Waals surface area (Å²) in [4.78, 5) is 16.3. The Bertz CT molecular complexity index is 1010. The number of aromatic nitrogens is 1. The molecule has 0 aliphatic rings. The van der Waals surface area contributed by atoms with Crippen molar-refractivity contribution in [3.8, 4) is 0 Å². The van der Waals surface area contributed by atoms with Gasteiger partial charge in [-0.25, -0.2) is 13.4 Å². The van der Waals surface area contributed by atoms with E-state index in [-0.39, 0.29) is 5.75 Å². The number of hydrogen-bond donors (Lipinski definition) is 1. The Kier molecular flexibility index (Phi) is 5.37. The third-order valence-electron chi connectivity index (χ3n) is 3.89. The maximum absolute atomic E-state index is 12.1. The SMILES string of the molecule is Cc1nc2cc(NC(=O)CS(=O)(=O)CCCc3ccccc3)ccc2o1. The maximum atomic E-state index is 12.1. The van der Waals surface area contributed by atoms with Gasteiger partial charge in [0.05, 0.1) is 5.75 Å². The molecule has 0 unspecified atom stereocenters. The molecular formula is C19H20N2O4S.